The van der Waals surface area contributed by atoms with Crippen molar-refractivity contribution in [3.63, 3.8) is 0 Å². The maximum atomic E-state index is 14.2. The van der Waals surface area contributed by atoms with Gasteiger partial charge in [0.1, 0.15) is 5.82 Å². The number of thiazole rings is 1. The summed E-state index contributed by atoms with van der Waals surface area (Å²) in [4.78, 5) is 51.5. The lowest BCUT2D eigenvalue weighted by Crippen LogP contribution is -2.56. The molecule has 37 heavy (non-hydrogen) atoms. The van der Waals surface area contributed by atoms with Gasteiger partial charge in [0.15, 0.2) is 5.13 Å². The number of amides is 3. The second-order valence-corrected chi connectivity index (χ2v) is 11.3. The minimum Gasteiger partial charge on any atom is -0.367 e. The molecule has 0 aliphatic carbocycles. The normalized spacial score (nSPS) is 18.1. The number of halogens is 1. The standard InChI is InChI=1S/C26H35FN6O3S/c1-16(2)25(36)31(5)15-23(34)33-11-10-32(13-17(33)3)21-7-6-18(27)12-19(21)24(35)29-26-28-20-8-9-30(4)14-22(20)37-26/h6-7,12,16-17H,8-11,13-15H2,1-5H3,(H,28,29,35)/t17-/m1/s1. The third kappa shape index (κ3) is 6.10. The summed E-state index contributed by atoms with van der Waals surface area (Å²) < 4.78 is 14.2. The molecule has 2 aliphatic heterocycles. The Morgan fingerprint density at radius 2 is 2.00 bits per heavy atom. The molecular weight excluding hydrogens is 495 g/mol. The van der Waals surface area contributed by atoms with Gasteiger partial charge >= 0.3 is 0 Å². The fraction of sp³-hybridized carbons (Fsp3) is 0.538. The lowest BCUT2D eigenvalue weighted by atomic mass is 10.1. The number of carbonyl (C=O) groups excluding carboxylic acids is 3. The van der Waals surface area contributed by atoms with Gasteiger partial charge in [-0.2, -0.15) is 0 Å². The molecule has 3 heterocycles. The van der Waals surface area contributed by atoms with Crippen molar-refractivity contribution in [3.05, 3.63) is 40.2 Å². The SMILES string of the molecule is CC(C)C(=O)N(C)CC(=O)N1CCN(c2ccc(F)cc2C(=O)Nc2nc3c(s2)CN(C)CC3)C[C@H]1C. The van der Waals surface area contributed by atoms with Crippen LogP contribution in [0.1, 0.15) is 41.7 Å². The van der Waals surface area contributed by atoms with E-state index in [0.717, 1.165) is 30.1 Å². The van der Waals surface area contributed by atoms with Crippen LogP contribution in [0, 0.1) is 11.7 Å². The van der Waals surface area contributed by atoms with E-state index in [-0.39, 0.29) is 35.9 Å². The molecule has 1 atom stereocenters. The van der Waals surface area contributed by atoms with E-state index in [9.17, 15) is 18.8 Å². The molecular formula is C26H35FN6O3S. The highest BCUT2D eigenvalue weighted by molar-refractivity contribution is 7.15. The van der Waals surface area contributed by atoms with Gasteiger partial charge in [-0.1, -0.05) is 13.8 Å². The molecule has 1 aromatic heterocycles. The van der Waals surface area contributed by atoms with E-state index < -0.39 is 11.7 Å². The first-order valence-electron chi connectivity index (χ1n) is 12.6. The number of aromatic nitrogens is 1. The number of hydrogen-bond donors (Lipinski definition) is 1. The first kappa shape index (κ1) is 27.0. The lowest BCUT2D eigenvalue weighted by Gasteiger charge is -2.42. The number of likely N-dealkylation sites (N-methyl/N-ethyl adjacent to an activating group) is 2. The third-order valence-electron chi connectivity index (χ3n) is 6.88. The van der Waals surface area contributed by atoms with E-state index in [1.54, 1.807) is 18.0 Å². The van der Waals surface area contributed by atoms with Crippen LogP contribution in [0.2, 0.25) is 0 Å². The second kappa shape index (κ2) is 11.1. The van der Waals surface area contributed by atoms with Crippen molar-refractivity contribution in [3.8, 4) is 0 Å². The van der Waals surface area contributed by atoms with Crippen LogP contribution in [0.25, 0.3) is 0 Å². The van der Waals surface area contributed by atoms with E-state index in [4.69, 9.17) is 0 Å². The molecule has 1 N–H and O–H groups in total. The molecule has 2 aromatic rings. The number of anilines is 2. The van der Waals surface area contributed by atoms with Gasteiger partial charge in [0.2, 0.25) is 11.8 Å². The van der Waals surface area contributed by atoms with E-state index in [1.807, 2.05) is 25.7 Å². The molecule has 9 nitrogen and oxygen atoms in total. The zero-order chi connectivity index (χ0) is 26.9. The van der Waals surface area contributed by atoms with Gasteiger partial charge in [0.25, 0.3) is 5.91 Å². The molecule has 1 fully saturated rings. The number of rotatable bonds is 6. The van der Waals surface area contributed by atoms with Crippen LogP contribution in [0.4, 0.5) is 15.2 Å². The average Bonchev–Trinajstić information content (AvgIpc) is 3.24. The first-order chi connectivity index (χ1) is 17.5. The summed E-state index contributed by atoms with van der Waals surface area (Å²) in [5.41, 5.74) is 1.86. The smallest absolute Gasteiger partial charge is 0.259 e. The van der Waals surface area contributed by atoms with Crippen LogP contribution in [0.3, 0.4) is 0 Å². The van der Waals surface area contributed by atoms with Crippen molar-refractivity contribution >= 4 is 39.9 Å². The Bertz CT molecular complexity index is 1190. The number of nitrogens with zero attached hydrogens (tertiary/aromatic N) is 5. The summed E-state index contributed by atoms with van der Waals surface area (Å²) in [6.07, 6.45) is 0.839. The number of fused-ring (bicyclic) bond motifs is 1. The van der Waals surface area contributed by atoms with Crippen molar-refractivity contribution in [2.24, 2.45) is 5.92 Å². The molecule has 4 rings (SSSR count). The quantitative estimate of drug-likeness (QED) is 0.618. The van der Waals surface area contributed by atoms with Gasteiger partial charge in [0, 0.05) is 68.7 Å². The van der Waals surface area contributed by atoms with E-state index in [0.29, 0.717) is 30.5 Å². The van der Waals surface area contributed by atoms with Crippen molar-refractivity contribution in [2.75, 3.05) is 57.0 Å². The molecule has 0 radical (unpaired) electrons. The molecule has 0 unspecified atom stereocenters. The number of nitrogens with one attached hydrogen (secondary N) is 1. The molecule has 1 saturated heterocycles. The summed E-state index contributed by atoms with van der Waals surface area (Å²) in [5, 5.41) is 3.39. The average molecular weight is 531 g/mol. The molecule has 0 bridgehead atoms. The minimum atomic E-state index is -0.492. The van der Waals surface area contributed by atoms with Gasteiger partial charge in [-0.05, 0) is 32.2 Å². The van der Waals surface area contributed by atoms with Crippen molar-refractivity contribution in [2.45, 2.75) is 39.8 Å². The van der Waals surface area contributed by atoms with Gasteiger partial charge < -0.3 is 19.6 Å². The van der Waals surface area contributed by atoms with Gasteiger partial charge in [-0.25, -0.2) is 9.37 Å². The van der Waals surface area contributed by atoms with Crippen molar-refractivity contribution < 1.29 is 18.8 Å². The Balaban J connectivity index is 1.45. The Morgan fingerprint density at radius 1 is 1.24 bits per heavy atom. The molecule has 200 valence electrons. The maximum absolute atomic E-state index is 14.2. The van der Waals surface area contributed by atoms with Gasteiger partial charge in [-0.15, -0.1) is 11.3 Å². The highest BCUT2D eigenvalue weighted by atomic mass is 32.1. The molecule has 3 amide bonds. The number of carbonyl (C=O) groups is 3. The highest BCUT2D eigenvalue weighted by Gasteiger charge is 2.31. The van der Waals surface area contributed by atoms with E-state index in [2.05, 4.69) is 22.2 Å². The van der Waals surface area contributed by atoms with Crippen LogP contribution in [0.5, 0.6) is 0 Å². The number of benzene rings is 1. The summed E-state index contributed by atoms with van der Waals surface area (Å²) in [6.45, 7) is 8.72. The summed E-state index contributed by atoms with van der Waals surface area (Å²) in [5.74, 6) is -1.26. The molecule has 11 heteroatoms. The number of hydrogen-bond acceptors (Lipinski definition) is 7. The van der Waals surface area contributed by atoms with Crippen LogP contribution in [0.15, 0.2) is 18.2 Å². The zero-order valence-corrected chi connectivity index (χ0v) is 22.9. The molecule has 0 spiro atoms. The van der Waals surface area contributed by atoms with Crippen molar-refractivity contribution in [1.29, 1.82) is 0 Å². The van der Waals surface area contributed by atoms with Crippen molar-refractivity contribution in [1.82, 2.24) is 19.7 Å². The maximum Gasteiger partial charge on any atom is 0.259 e. The number of piperazine rings is 1. The third-order valence-corrected chi connectivity index (χ3v) is 7.87. The molecule has 1 aromatic carbocycles. The molecule has 0 saturated carbocycles. The Morgan fingerprint density at radius 3 is 2.70 bits per heavy atom. The lowest BCUT2D eigenvalue weighted by molar-refractivity contribution is -0.142. The highest BCUT2D eigenvalue weighted by Crippen LogP contribution is 2.30. The minimum absolute atomic E-state index is 0.0269. The Kier molecular flexibility index (Phi) is 8.13. The largest absolute Gasteiger partial charge is 0.367 e. The topological polar surface area (TPSA) is 89.1 Å². The predicted octanol–water partition coefficient (Wildman–Crippen LogP) is 2.67. The van der Waals surface area contributed by atoms with Crippen LogP contribution >= 0.6 is 11.3 Å². The zero-order valence-electron chi connectivity index (χ0n) is 22.1. The van der Waals surface area contributed by atoms with Crippen LogP contribution in [-0.2, 0) is 22.6 Å². The fourth-order valence-corrected chi connectivity index (χ4v) is 5.95. The first-order valence-corrected chi connectivity index (χ1v) is 13.4. The Hall–Kier alpha value is -3.05. The van der Waals surface area contributed by atoms with Crippen LogP contribution < -0.4 is 10.2 Å². The fourth-order valence-electron chi connectivity index (χ4n) is 4.87. The summed E-state index contributed by atoms with van der Waals surface area (Å²) in [6, 6.07) is 4.07. The monoisotopic (exact) mass is 530 g/mol. The molecule has 2 aliphatic rings. The predicted molar refractivity (Wildman–Crippen MR) is 142 cm³/mol. The summed E-state index contributed by atoms with van der Waals surface area (Å²) in [7, 11) is 3.69. The van der Waals surface area contributed by atoms with Gasteiger partial charge in [0.05, 0.1) is 17.8 Å². The Labute approximate surface area is 221 Å². The van der Waals surface area contributed by atoms with Crippen LogP contribution in [-0.4, -0.2) is 90.3 Å². The van der Waals surface area contributed by atoms with E-state index >= 15 is 0 Å². The second-order valence-electron chi connectivity index (χ2n) is 10.2. The van der Waals surface area contributed by atoms with E-state index in [1.165, 1.54) is 28.4 Å². The van der Waals surface area contributed by atoms with Gasteiger partial charge in [-0.3, -0.25) is 19.7 Å². The summed E-state index contributed by atoms with van der Waals surface area (Å²) >= 11 is 1.46.